The lowest BCUT2D eigenvalue weighted by atomic mass is 9.97. The number of ketones is 1. The molecule has 0 N–H and O–H groups in total. The molecular formula is C23H16O3. The zero-order valence-corrected chi connectivity index (χ0v) is 14.2. The van der Waals surface area contributed by atoms with E-state index in [-0.39, 0.29) is 5.78 Å². The first-order chi connectivity index (χ1) is 12.6. The van der Waals surface area contributed by atoms with E-state index in [2.05, 4.69) is 6.07 Å². The number of hydrogen-bond donors (Lipinski definition) is 0. The number of fused-ring (bicyclic) bond motifs is 2. The number of ether oxygens (including phenoxy) is 1. The fraction of sp³-hybridized carbons (Fsp3) is 0.0435. The van der Waals surface area contributed by atoms with Gasteiger partial charge in [0.1, 0.15) is 5.75 Å². The third-order valence-electron chi connectivity index (χ3n) is 4.45. The predicted octanol–water partition coefficient (Wildman–Crippen LogP) is 5.41. The number of Topliss-reactive ketones (excluding diaryl/α,β-unsaturated/α-hetero) is 1. The number of benzene rings is 4. The van der Waals surface area contributed by atoms with Crippen LogP contribution in [0.15, 0.2) is 78.9 Å². The van der Waals surface area contributed by atoms with Crippen molar-refractivity contribution in [3.8, 4) is 5.75 Å². The maximum Gasteiger partial charge on any atom is 0.344 e. The van der Waals surface area contributed by atoms with E-state index < -0.39 is 5.97 Å². The average molecular weight is 340 g/mol. The van der Waals surface area contributed by atoms with Crippen LogP contribution in [0.3, 0.4) is 0 Å². The molecule has 0 aliphatic rings. The summed E-state index contributed by atoms with van der Waals surface area (Å²) >= 11 is 0. The van der Waals surface area contributed by atoms with Gasteiger partial charge in [0.25, 0.3) is 0 Å². The van der Waals surface area contributed by atoms with Gasteiger partial charge in [-0.1, -0.05) is 48.5 Å². The molecule has 3 nitrogen and oxygen atoms in total. The van der Waals surface area contributed by atoms with E-state index in [1.165, 1.54) is 6.92 Å². The van der Waals surface area contributed by atoms with Gasteiger partial charge in [-0.2, -0.15) is 0 Å². The molecule has 0 saturated heterocycles. The molecule has 0 aromatic heterocycles. The third kappa shape index (κ3) is 2.84. The monoisotopic (exact) mass is 340 g/mol. The zero-order chi connectivity index (χ0) is 18.1. The number of esters is 1. The van der Waals surface area contributed by atoms with Crippen molar-refractivity contribution in [3.05, 3.63) is 90.0 Å². The van der Waals surface area contributed by atoms with Gasteiger partial charge in [0, 0.05) is 5.56 Å². The standard InChI is InChI=1S/C23H16O3/c1-15(24)16-10-12-19(13-11-16)26-23(25)22-20-8-4-2-6-17(20)14-18-7-3-5-9-21(18)22/h2-14H,1H3. The molecule has 4 aromatic carbocycles. The van der Waals surface area contributed by atoms with Crippen LogP contribution >= 0.6 is 0 Å². The fourth-order valence-corrected chi connectivity index (χ4v) is 3.15. The Balaban J connectivity index is 1.81. The summed E-state index contributed by atoms with van der Waals surface area (Å²) in [5, 5.41) is 3.70. The highest BCUT2D eigenvalue weighted by atomic mass is 16.5. The molecular weight excluding hydrogens is 324 g/mol. The number of carbonyl (C=O) groups excluding carboxylic acids is 2. The van der Waals surface area contributed by atoms with E-state index in [1.807, 2.05) is 48.5 Å². The van der Waals surface area contributed by atoms with Crippen LogP contribution in [0.1, 0.15) is 27.6 Å². The molecule has 0 unspecified atom stereocenters. The Bertz CT molecular complexity index is 1090. The van der Waals surface area contributed by atoms with Gasteiger partial charge in [0.2, 0.25) is 0 Å². The van der Waals surface area contributed by atoms with E-state index in [1.54, 1.807) is 24.3 Å². The van der Waals surface area contributed by atoms with Crippen molar-refractivity contribution >= 4 is 33.3 Å². The molecule has 0 bridgehead atoms. The minimum absolute atomic E-state index is 0.0251. The van der Waals surface area contributed by atoms with E-state index in [0.717, 1.165) is 21.5 Å². The first-order valence-electron chi connectivity index (χ1n) is 8.37. The van der Waals surface area contributed by atoms with Crippen molar-refractivity contribution < 1.29 is 14.3 Å². The van der Waals surface area contributed by atoms with Gasteiger partial charge in [-0.3, -0.25) is 4.79 Å². The second-order valence-corrected chi connectivity index (χ2v) is 6.16. The van der Waals surface area contributed by atoms with Crippen molar-refractivity contribution in [2.45, 2.75) is 6.92 Å². The molecule has 0 fully saturated rings. The molecule has 0 atom stereocenters. The van der Waals surface area contributed by atoms with E-state index in [9.17, 15) is 9.59 Å². The van der Waals surface area contributed by atoms with Gasteiger partial charge in [0.05, 0.1) is 5.56 Å². The Hall–Kier alpha value is -3.46. The molecule has 4 aromatic rings. The Labute approximate surface area is 150 Å². The molecule has 0 aliphatic heterocycles. The lowest BCUT2D eigenvalue weighted by Gasteiger charge is -2.11. The van der Waals surface area contributed by atoms with Crippen LogP contribution in [-0.4, -0.2) is 11.8 Å². The number of carbonyl (C=O) groups is 2. The van der Waals surface area contributed by atoms with Crippen LogP contribution in [0.2, 0.25) is 0 Å². The maximum absolute atomic E-state index is 13.0. The van der Waals surface area contributed by atoms with Gasteiger partial charge < -0.3 is 4.74 Å². The van der Waals surface area contributed by atoms with Crippen LogP contribution in [0.4, 0.5) is 0 Å². The Morgan fingerprint density at radius 3 is 1.81 bits per heavy atom. The highest BCUT2D eigenvalue weighted by Crippen LogP contribution is 2.29. The molecule has 0 aliphatic carbocycles. The predicted molar refractivity (Wildman–Crippen MR) is 103 cm³/mol. The highest BCUT2D eigenvalue weighted by Gasteiger charge is 2.17. The van der Waals surface area contributed by atoms with Crippen molar-refractivity contribution in [1.82, 2.24) is 0 Å². The van der Waals surface area contributed by atoms with Crippen LogP contribution in [-0.2, 0) is 0 Å². The van der Waals surface area contributed by atoms with Crippen LogP contribution in [0.5, 0.6) is 5.75 Å². The molecule has 0 spiro atoms. The summed E-state index contributed by atoms with van der Waals surface area (Å²) in [6.45, 7) is 1.50. The van der Waals surface area contributed by atoms with Crippen molar-refractivity contribution in [3.63, 3.8) is 0 Å². The van der Waals surface area contributed by atoms with Gasteiger partial charge >= 0.3 is 5.97 Å². The van der Waals surface area contributed by atoms with Crippen molar-refractivity contribution in [2.24, 2.45) is 0 Å². The Morgan fingerprint density at radius 1 is 0.731 bits per heavy atom. The molecule has 3 heteroatoms. The van der Waals surface area contributed by atoms with Crippen LogP contribution < -0.4 is 4.74 Å². The van der Waals surface area contributed by atoms with Gasteiger partial charge in [-0.05, 0) is 58.8 Å². The Morgan fingerprint density at radius 2 is 1.27 bits per heavy atom. The summed E-state index contributed by atoms with van der Waals surface area (Å²) in [5.41, 5.74) is 1.13. The average Bonchev–Trinajstić information content (AvgIpc) is 2.66. The van der Waals surface area contributed by atoms with E-state index in [4.69, 9.17) is 4.74 Å². The number of hydrogen-bond acceptors (Lipinski definition) is 3. The summed E-state index contributed by atoms with van der Waals surface area (Å²) in [6, 6.07) is 24.2. The largest absolute Gasteiger partial charge is 0.423 e. The van der Waals surface area contributed by atoms with Crippen molar-refractivity contribution in [1.29, 1.82) is 0 Å². The summed E-state index contributed by atoms with van der Waals surface area (Å²) < 4.78 is 5.60. The second-order valence-electron chi connectivity index (χ2n) is 6.16. The summed E-state index contributed by atoms with van der Waals surface area (Å²) in [5.74, 6) is -0.0199. The van der Waals surface area contributed by atoms with E-state index in [0.29, 0.717) is 16.9 Å². The van der Waals surface area contributed by atoms with Gasteiger partial charge in [0.15, 0.2) is 5.78 Å². The second kappa shape index (κ2) is 6.45. The van der Waals surface area contributed by atoms with Gasteiger partial charge in [-0.15, -0.1) is 0 Å². The quantitative estimate of drug-likeness (QED) is 0.217. The lowest BCUT2D eigenvalue weighted by molar-refractivity contribution is 0.0739. The third-order valence-corrected chi connectivity index (χ3v) is 4.45. The summed E-state index contributed by atoms with van der Waals surface area (Å²) in [6.07, 6.45) is 0. The van der Waals surface area contributed by atoms with Gasteiger partial charge in [-0.25, -0.2) is 4.79 Å². The first-order valence-corrected chi connectivity index (χ1v) is 8.37. The molecule has 0 heterocycles. The molecule has 0 amide bonds. The number of rotatable bonds is 3. The fourth-order valence-electron chi connectivity index (χ4n) is 3.15. The Kier molecular flexibility index (Phi) is 3.98. The summed E-state index contributed by atoms with van der Waals surface area (Å²) in [7, 11) is 0. The summed E-state index contributed by atoms with van der Waals surface area (Å²) in [4.78, 5) is 24.4. The minimum Gasteiger partial charge on any atom is -0.423 e. The minimum atomic E-state index is -0.409. The molecule has 0 saturated carbocycles. The topological polar surface area (TPSA) is 43.4 Å². The lowest BCUT2D eigenvalue weighted by Crippen LogP contribution is -2.10. The zero-order valence-electron chi connectivity index (χ0n) is 14.2. The smallest absolute Gasteiger partial charge is 0.344 e. The van der Waals surface area contributed by atoms with Crippen molar-refractivity contribution in [2.75, 3.05) is 0 Å². The van der Waals surface area contributed by atoms with E-state index >= 15 is 0 Å². The van der Waals surface area contributed by atoms with Crippen LogP contribution in [0, 0.1) is 0 Å². The first kappa shape index (κ1) is 16.0. The normalized spacial score (nSPS) is 10.8. The van der Waals surface area contributed by atoms with Crippen LogP contribution in [0.25, 0.3) is 21.5 Å². The molecule has 126 valence electrons. The SMILES string of the molecule is CC(=O)c1ccc(OC(=O)c2c3ccccc3cc3ccccc23)cc1. The molecule has 0 radical (unpaired) electrons. The molecule has 26 heavy (non-hydrogen) atoms. The molecule has 4 rings (SSSR count). The highest BCUT2D eigenvalue weighted by molar-refractivity contribution is 6.17. The maximum atomic E-state index is 13.0.